The quantitative estimate of drug-likeness (QED) is 0.738. The predicted octanol–water partition coefficient (Wildman–Crippen LogP) is 1.82. The number of urea groups is 1. The minimum Gasteiger partial charge on any atom is -0.323 e. The molecule has 0 bridgehead atoms. The maximum absolute atomic E-state index is 13.3. The lowest BCUT2D eigenvalue weighted by molar-refractivity contribution is -0.135. The molecule has 1 aromatic carbocycles. The van der Waals surface area contributed by atoms with Gasteiger partial charge in [0.05, 0.1) is 11.4 Å². The summed E-state index contributed by atoms with van der Waals surface area (Å²) in [6.45, 7) is -0.563. The Morgan fingerprint density at radius 3 is 2.86 bits per heavy atom. The Morgan fingerprint density at radius 2 is 2.00 bits per heavy atom. The van der Waals surface area contributed by atoms with Gasteiger partial charge in [0.1, 0.15) is 18.6 Å². The first-order chi connectivity index (χ1) is 14.0. The van der Waals surface area contributed by atoms with Crippen molar-refractivity contribution in [2.24, 2.45) is 0 Å². The summed E-state index contributed by atoms with van der Waals surface area (Å²) in [5.41, 5.74) is 0.838. The second-order valence-electron chi connectivity index (χ2n) is 7.38. The van der Waals surface area contributed by atoms with Crippen LogP contribution in [-0.2, 0) is 26.3 Å². The molecule has 29 heavy (non-hydrogen) atoms. The van der Waals surface area contributed by atoms with Crippen molar-refractivity contribution in [1.82, 2.24) is 10.2 Å². The van der Waals surface area contributed by atoms with Crippen molar-refractivity contribution in [3.8, 4) is 0 Å². The van der Waals surface area contributed by atoms with Crippen molar-refractivity contribution in [3.05, 3.63) is 46.2 Å². The van der Waals surface area contributed by atoms with Crippen LogP contribution < -0.4 is 15.5 Å². The minimum atomic E-state index is -1.08. The van der Waals surface area contributed by atoms with E-state index in [0.29, 0.717) is 17.8 Å². The molecule has 2 aliphatic heterocycles. The summed E-state index contributed by atoms with van der Waals surface area (Å²) in [7, 11) is 0. The molecule has 0 saturated carbocycles. The number of hydrogen-bond acceptors (Lipinski definition) is 5. The highest BCUT2D eigenvalue weighted by atomic mass is 32.1. The summed E-state index contributed by atoms with van der Waals surface area (Å²) in [6.07, 6.45) is 2.19. The van der Waals surface area contributed by atoms with Gasteiger partial charge < -0.3 is 10.6 Å². The average Bonchev–Trinajstić information content (AvgIpc) is 3.28. The van der Waals surface area contributed by atoms with E-state index in [9.17, 15) is 19.2 Å². The Kier molecular flexibility index (Phi) is 3.95. The highest BCUT2D eigenvalue weighted by molar-refractivity contribution is 7.10. The number of aryl methyl sites for hydroxylation is 1. The highest BCUT2D eigenvalue weighted by Crippen LogP contribution is 2.42. The molecule has 1 fully saturated rings. The van der Waals surface area contributed by atoms with Crippen LogP contribution >= 0.6 is 11.3 Å². The molecule has 5 rings (SSSR count). The molecule has 9 heteroatoms. The predicted molar refractivity (Wildman–Crippen MR) is 107 cm³/mol. The monoisotopic (exact) mass is 410 g/mol. The summed E-state index contributed by atoms with van der Waals surface area (Å²) < 4.78 is 0. The van der Waals surface area contributed by atoms with Crippen LogP contribution in [0.3, 0.4) is 0 Å². The smallest absolute Gasteiger partial charge is 0.323 e. The van der Waals surface area contributed by atoms with Crippen molar-refractivity contribution in [2.75, 3.05) is 23.3 Å². The first-order valence-corrected chi connectivity index (χ1v) is 10.3. The number of anilines is 2. The SMILES string of the molecule is O=C1CN(C(=O)CN2C(=O)N[C@@]3(CCCc4sccc43)C2=O)c2ccccc2N1. The van der Waals surface area contributed by atoms with E-state index in [4.69, 9.17) is 0 Å². The maximum atomic E-state index is 13.3. The normalized spacial score (nSPS) is 23.0. The molecule has 1 atom stereocenters. The summed E-state index contributed by atoms with van der Waals surface area (Å²) in [6, 6.07) is 8.26. The van der Waals surface area contributed by atoms with E-state index < -0.39 is 29.9 Å². The number of fused-ring (bicyclic) bond motifs is 3. The van der Waals surface area contributed by atoms with E-state index >= 15 is 0 Å². The van der Waals surface area contributed by atoms with E-state index in [1.54, 1.807) is 35.6 Å². The zero-order valence-electron chi connectivity index (χ0n) is 15.4. The fourth-order valence-electron chi connectivity index (χ4n) is 4.36. The number of benzene rings is 1. The first-order valence-electron chi connectivity index (χ1n) is 9.40. The second kappa shape index (κ2) is 6.41. The fraction of sp³-hybridized carbons (Fsp3) is 0.300. The molecule has 148 valence electrons. The number of amides is 5. The van der Waals surface area contributed by atoms with Crippen molar-refractivity contribution in [1.29, 1.82) is 0 Å². The molecular weight excluding hydrogens is 392 g/mol. The molecule has 0 unspecified atom stereocenters. The molecule has 0 radical (unpaired) electrons. The number of para-hydroxylation sites is 2. The number of imide groups is 1. The molecule has 1 aliphatic carbocycles. The van der Waals surface area contributed by atoms with Crippen LogP contribution in [0.25, 0.3) is 0 Å². The summed E-state index contributed by atoms with van der Waals surface area (Å²) >= 11 is 1.58. The lowest BCUT2D eigenvalue weighted by Gasteiger charge is -2.32. The summed E-state index contributed by atoms with van der Waals surface area (Å²) in [5, 5.41) is 7.49. The number of thiophene rings is 1. The van der Waals surface area contributed by atoms with Gasteiger partial charge in [-0.3, -0.25) is 24.2 Å². The van der Waals surface area contributed by atoms with Crippen LogP contribution in [0, 0.1) is 0 Å². The third-order valence-electron chi connectivity index (χ3n) is 5.70. The van der Waals surface area contributed by atoms with Crippen molar-refractivity contribution in [2.45, 2.75) is 24.8 Å². The Balaban J connectivity index is 1.42. The number of carbonyl (C=O) groups is 4. The maximum Gasteiger partial charge on any atom is 0.325 e. The van der Waals surface area contributed by atoms with Gasteiger partial charge in [0.2, 0.25) is 11.8 Å². The van der Waals surface area contributed by atoms with Crippen LogP contribution in [0.2, 0.25) is 0 Å². The van der Waals surface area contributed by atoms with Gasteiger partial charge in [0, 0.05) is 10.4 Å². The molecule has 3 aliphatic rings. The van der Waals surface area contributed by atoms with Gasteiger partial charge in [-0.1, -0.05) is 12.1 Å². The Morgan fingerprint density at radius 1 is 1.17 bits per heavy atom. The third-order valence-corrected chi connectivity index (χ3v) is 6.68. The number of carbonyl (C=O) groups excluding carboxylic acids is 4. The van der Waals surface area contributed by atoms with Gasteiger partial charge in [0.25, 0.3) is 5.91 Å². The summed E-state index contributed by atoms with van der Waals surface area (Å²) in [4.78, 5) is 54.3. The summed E-state index contributed by atoms with van der Waals surface area (Å²) in [5.74, 6) is -1.19. The van der Waals surface area contributed by atoms with Crippen LogP contribution in [0.5, 0.6) is 0 Å². The van der Waals surface area contributed by atoms with Gasteiger partial charge in [-0.2, -0.15) is 0 Å². The molecular formula is C20H18N4O4S. The van der Waals surface area contributed by atoms with Crippen LogP contribution in [-0.4, -0.2) is 41.7 Å². The van der Waals surface area contributed by atoms with Gasteiger partial charge in [-0.25, -0.2) is 4.79 Å². The van der Waals surface area contributed by atoms with E-state index in [-0.39, 0.29) is 12.5 Å². The van der Waals surface area contributed by atoms with E-state index in [1.165, 1.54) is 4.90 Å². The lowest BCUT2D eigenvalue weighted by Crippen LogP contribution is -2.49. The van der Waals surface area contributed by atoms with Crippen LogP contribution in [0.4, 0.5) is 16.2 Å². The molecule has 8 nitrogen and oxygen atoms in total. The first kappa shape index (κ1) is 17.9. The Bertz CT molecular complexity index is 1060. The third kappa shape index (κ3) is 2.65. The second-order valence-corrected chi connectivity index (χ2v) is 8.38. The van der Waals surface area contributed by atoms with Gasteiger partial charge >= 0.3 is 6.03 Å². The fourth-order valence-corrected chi connectivity index (χ4v) is 5.36. The molecule has 1 saturated heterocycles. The topological polar surface area (TPSA) is 98.8 Å². The minimum absolute atomic E-state index is 0.153. The number of hydrogen-bond donors (Lipinski definition) is 2. The largest absolute Gasteiger partial charge is 0.325 e. The van der Waals surface area contributed by atoms with Crippen LogP contribution in [0.1, 0.15) is 23.3 Å². The lowest BCUT2D eigenvalue weighted by atomic mass is 9.80. The molecule has 1 aromatic heterocycles. The average molecular weight is 410 g/mol. The zero-order chi connectivity index (χ0) is 20.2. The molecule has 2 aromatic rings. The number of nitrogens with one attached hydrogen (secondary N) is 2. The van der Waals surface area contributed by atoms with Crippen LogP contribution in [0.15, 0.2) is 35.7 Å². The Hall–Kier alpha value is -3.20. The van der Waals surface area contributed by atoms with E-state index in [2.05, 4.69) is 10.6 Å². The van der Waals surface area contributed by atoms with Crippen molar-refractivity contribution in [3.63, 3.8) is 0 Å². The number of nitrogens with zero attached hydrogens (tertiary/aromatic N) is 2. The number of rotatable bonds is 2. The zero-order valence-corrected chi connectivity index (χ0v) is 16.3. The van der Waals surface area contributed by atoms with E-state index in [0.717, 1.165) is 28.2 Å². The van der Waals surface area contributed by atoms with E-state index in [1.807, 2.05) is 11.4 Å². The molecule has 1 spiro atoms. The van der Waals surface area contributed by atoms with Crippen molar-refractivity contribution < 1.29 is 19.2 Å². The van der Waals surface area contributed by atoms with Crippen molar-refractivity contribution >= 4 is 46.5 Å². The van der Waals surface area contributed by atoms with Gasteiger partial charge in [-0.15, -0.1) is 11.3 Å². The standard InChI is InChI=1S/C20H18N4O4S/c25-16-10-23(14-5-2-1-4-13(14)21-16)17(26)11-24-18(27)20(22-19(24)28)8-3-6-15-12(20)7-9-29-15/h1-2,4-5,7,9H,3,6,8,10-11H2,(H,21,25)(H,22,28)/t20-/m1/s1. The molecule has 2 N–H and O–H groups in total. The molecule has 3 heterocycles. The molecule has 5 amide bonds. The van der Waals surface area contributed by atoms with Gasteiger partial charge in [-0.05, 0) is 42.8 Å². The van der Waals surface area contributed by atoms with Gasteiger partial charge in [0.15, 0.2) is 0 Å². The highest BCUT2D eigenvalue weighted by Gasteiger charge is 2.54. The Labute approximate surface area is 170 Å².